The minimum absolute atomic E-state index is 0.105. The van der Waals surface area contributed by atoms with Gasteiger partial charge < -0.3 is 4.90 Å². The topological polar surface area (TPSA) is 55.2 Å². The fraction of sp³-hybridized carbons (Fsp3) is 0.348. The van der Waals surface area contributed by atoms with Gasteiger partial charge in [-0.05, 0) is 36.6 Å². The summed E-state index contributed by atoms with van der Waals surface area (Å²) in [5, 5.41) is 1.71. The Morgan fingerprint density at radius 2 is 1.70 bits per heavy atom. The highest BCUT2D eigenvalue weighted by atomic mass is 35.5. The van der Waals surface area contributed by atoms with Crippen LogP contribution >= 0.6 is 23.4 Å². The summed E-state index contributed by atoms with van der Waals surface area (Å²) in [4.78, 5) is 32.6. The molecule has 1 amide bonds. The third-order valence-corrected chi connectivity index (χ3v) is 6.73. The van der Waals surface area contributed by atoms with Gasteiger partial charge in [0.05, 0.1) is 23.2 Å². The lowest BCUT2D eigenvalue weighted by molar-refractivity contribution is -0.128. The van der Waals surface area contributed by atoms with E-state index in [4.69, 9.17) is 16.6 Å². The number of carbonyl (C=O) groups is 1. The molecule has 1 saturated heterocycles. The number of halogens is 1. The van der Waals surface area contributed by atoms with Crippen molar-refractivity contribution in [3.63, 3.8) is 0 Å². The summed E-state index contributed by atoms with van der Waals surface area (Å²) < 4.78 is 1.63. The number of aromatic nitrogens is 2. The molecular formula is C23H24ClN3O2S. The van der Waals surface area contributed by atoms with Gasteiger partial charge in [-0.3, -0.25) is 14.2 Å². The highest BCUT2D eigenvalue weighted by Crippen LogP contribution is 2.22. The zero-order valence-electron chi connectivity index (χ0n) is 16.7. The largest absolute Gasteiger partial charge is 0.342 e. The van der Waals surface area contributed by atoms with E-state index in [9.17, 15) is 9.59 Å². The summed E-state index contributed by atoms with van der Waals surface area (Å²) >= 11 is 7.67. The lowest BCUT2D eigenvalue weighted by Crippen LogP contribution is -2.33. The van der Waals surface area contributed by atoms with E-state index in [1.54, 1.807) is 10.6 Å². The fourth-order valence-electron chi connectivity index (χ4n) is 3.73. The Hall–Kier alpha value is -2.31. The number of amides is 1. The molecule has 0 atom stereocenters. The van der Waals surface area contributed by atoms with E-state index in [1.807, 2.05) is 47.4 Å². The van der Waals surface area contributed by atoms with Gasteiger partial charge >= 0.3 is 0 Å². The monoisotopic (exact) mass is 441 g/mol. The van der Waals surface area contributed by atoms with Crippen LogP contribution in [-0.2, 0) is 11.3 Å². The van der Waals surface area contributed by atoms with Gasteiger partial charge in [-0.15, -0.1) is 0 Å². The SMILES string of the molecule is O=C(CSc1nc2ccccc2c(=O)n1Cc1ccccc1Cl)N1CCCCCC1. The molecule has 1 aliphatic heterocycles. The second-order valence-corrected chi connectivity index (χ2v) is 8.83. The summed E-state index contributed by atoms with van der Waals surface area (Å²) in [6.45, 7) is 1.95. The molecule has 1 aromatic heterocycles. The number of fused-ring (bicyclic) bond motifs is 1. The highest BCUT2D eigenvalue weighted by molar-refractivity contribution is 7.99. The molecule has 0 N–H and O–H groups in total. The number of hydrogen-bond acceptors (Lipinski definition) is 4. The lowest BCUT2D eigenvalue weighted by atomic mass is 10.2. The maximum absolute atomic E-state index is 13.2. The van der Waals surface area contributed by atoms with Crippen LogP contribution in [0.15, 0.2) is 58.5 Å². The zero-order valence-corrected chi connectivity index (χ0v) is 18.3. The number of benzene rings is 2. The zero-order chi connectivity index (χ0) is 20.9. The second-order valence-electron chi connectivity index (χ2n) is 7.48. The van der Waals surface area contributed by atoms with Crippen molar-refractivity contribution in [1.29, 1.82) is 0 Å². The van der Waals surface area contributed by atoms with Gasteiger partial charge in [0.1, 0.15) is 0 Å². The van der Waals surface area contributed by atoms with Gasteiger partial charge in [0.25, 0.3) is 5.56 Å². The molecule has 7 heteroatoms. The Bertz CT molecular complexity index is 1110. The maximum Gasteiger partial charge on any atom is 0.262 e. The van der Waals surface area contributed by atoms with Crippen molar-refractivity contribution in [3.8, 4) is 0 Å². The van der Waals surface area contributed by atoms with Crippen molar-refractivity contribution >= 4 is 40.2 Å². The van der Waals surface area contributed by atoms with E-state index in [-0.39, 0.29) is 17.2 Å². The van der Waals surface area contributed by atoms with E-state index in [0.29, 0.717) is 27.6 Å². The molecular weight excluding hydrogens is 418 g/mol. The van der Waals surface area contributed by atoms with Gasteiger partial charge in [0.2, 0.25) is 5.91 Å². The first-order valence-corrected chi connectivity index (χ1v) is 11.6. The standard InChI is InChI=1S/C23H24ClN3O2S/c24-19-11-5-3-9-17(19)15-27-22(29)18-10-4-6-12-20(18)25-23(27)30-16-21(28)26-13-7-1-2-8-14-26/h3-6,9-12H,1-2,7-8,13-16H2. The number of hydrogen-bond donors (Lipinski definition) is 0. The summed E-state index contributed by atoms with van der Waals surface area (Å²) in [6.07, 6.45) is 4.48. The van der Waals surface area contributed by atoms with Crippen LogP contribution in [0.1, 0.15) is 31.2 Å². The van der Waals surface area contributed by atoms with Gasteiger partial charge in [0, 0.05) is 18.1 Å². The van der Waals surface area contributed by atoms with Gasteiger partial charge in [-0.1, -0.05) is 66.5 Å². The van der Waals surface area contributed by atoms with Crippen LogP contribution in [0.4, 0.5) is 0 Å². The molecule has 1 fully saturated rings. The molecule has 0 unspecified atom stereocenters. The molecule has 5 nitrogen and oxygen atoms in total. The summed E-state index contributed by atoms with van der Waals surface area (Å²) in [5.41, 5.74) is 1.37. The van der Waals surface area contributed by atoms with Crippen LogP contribution in [0.25, 0.3) is 10.9 Å². The summed E-state index contributed by atoms with van der Waals surface area (Å²) in [7, 11) is 0. The van der Waals surface area contributed by atoms with Crippen molar-refractivity contribution in [3.05, 3.63) is 69.5 Å². The Morgan fingerprint density at radius 1 is 1.00 bits per heavy atom. The molecule has 0 spiro atoms. The second kappa shape index (κ2) is 9.67. The van der Waals surface area contributed by atoms with E-state index >= 15 is 0 Å². The van der Waals surface area contributed by atoms with E-state index < -0.39 is 0 Å². The van der Waals surface area contributed by atoms with Crippen LogP contribution in [0.2, 0.25) is 5.02 Å². The molecule has 3 aromatic rings. The molecule has 156 valence electrons. The third kappa shape index (κ3) is 4.71. The number of likely N-dealkylation sites (tertiary alicyclic amines) is 1. The molecule has 4 rings (SSSR count). The summed E-state index contributed by atoms with van der Waals surface area (Å²) in [5.74, 6) is 0.376. The first kappa shape index (κ1) is 20.9. The molecule has 0 radical (unpaired) electrons. The molecule has 0 bridgehead atoms. The van der Waals surface area contributed by atoms with Gasteiger partial charge in [-0.2, -0.15) is 0 Å². The van der Waals surface area contributed by atoms with Crippen LogP contribution < -0.4 is 5.56 Å². The van der Waals surface area contributed by atoms with Crippen molar-refractivity contribution in [1.82, 2.24) is 14.5 Å². The fourth-order valence-corrected chi connectivity index (χ4v) is 4.83. The molecule has 0 aliphatic carbocycles. The van der Waals surface area contributed by atoms with Crippen LogP contribution in [0.5, 0.6) is 0 Å². The lowest BCUT2D eigenvalue weighted by Gasteiger charge is -2.20. The quantitative estimate of drug-likeness (QED) is 0.429. The Labute approximate surface area is 185 Å². The Kier molecular flexibility index (Phi) is 6.75. The van der Waals surface area contributed by atoms with Crippen molar-refractivity contribution in [2.75, 3.05) is 18.8 Å². The average Bonchev–Trinajstić information content (AvgIpc) is 3.05. The van der Waals surface area contributed by atoms with E-state index in [2.05, 4.69) is 0 Å². The average molecular weight is 442 g/mol. The predicted molar refractivity (Wildman–Crippen MR) is 122 cm³/mol. The molecule has 2 aromatic carbocycles. The Balaban J connectivity index is 1.64. The van der Waals surface area contributed by atoms with Crippen LogP contribution in [0.3, 0.4) is 0 Å². The van der Waals surface area contributed by atoms with E-state index in [0.717, 1.165) is 31.5 Å². The number of thioether (sulfide) groups is 1. The smallest absolute Gasteiger partial charge is 0.262 e. The first-order chi connectivity index (χ1) is 14.6. The Morgan fingerprint density at radius 3 is 2.47 bits per heavy atom. The molecule has 30 heavy (non-hydrogen) atoms. The normalized spacial score (nSPS) is 14.6. The minimum atomic E-state index is -0.120. The highest BCUT2D eigenvalue weighted by Gasteiger charge is 2.18. The van der Waals surface area contributed by atoms with Crippen LogP contribution in [-0.4, -0.2) is 39.2 Å². The van der Waals surface area contributed by atoms with Crippen molar-refractivity contribution in [2.24, 2.45) is 0 Å². The van der Waals surface area contributed by atoms with E-state index in [1.165, 1.54) is 24.6 Å². The minimum Gasteiger partial charge on any atom is -0.342 e. The number of nitrogens with zero attached hydrogens (tertiary/aromatic N) is 3. The maximum atomic E-state index is 13.2. The van der Waals surface area contributed by atoms with Crippen molar-refractivity contribution < 1.29 is 4.79 Å². The molecule has 0 saturated carbocycles. The number of rotatable bonds is 5. The third-order valence-electron chi connectivity index (χ3n) is 5.40. The predicted octanol–water partition coefficient (Wildman–Crippen LogP) is 4.59. The molecule has 2 heterocycles. The van der Waals surface area contributed by atoms with Crippen molar-refractivity contribution in [2.45, 2.75) is 37.4 Å². The number of carbonyl (C=O) groups excluding carboxylic acids is 1. The summed E-state index contributed by atoms with van der Waals surface area (Å²) in [6, 6.07) is 14.8. The number of para-hydroxylation sites is 1. The van der Waals surface area contributed by atoms with Gasteiger partial charge in [0.15, 0.2) is 5.16 Å². The van der Waals surface area contributed by atoms with Gasteiger partial charge in [-0.25, -0.2) is 4.98 Å². The molecule has 1 aliphatic rings. The first-order valence-electron chi connectivity index (χ1n) is 10.3. The van der Waals surface area contributed by atoms with Crippen LogP contribution in [0, 0.1) is 0 Å².